The fraction of sp³-hybridized carbons (Fsp3) is 0.794. The van der Waals surface area contributed by atoms with Crippen LogP contribution < -0.4 is 0 Å². The van der Waals surface area contributed by atoms with Crippen molar-refractivity contribution in [2.75, 3.05) is 26.4 Å². The minimum absolute atomic E-state index is 0.0346. The molecule has 0 rings (SSSR count). The fourth-order valence-electron chi connectivity index (χ4n) is 4.83. The van der Waals surface area contributed by atoms with Gasteiger partial charge in [0.1, 0.15) is 11.7 Å². The molecule has 0 aliphatic heterocycles. The quantitative estimate of drug-likeness (QED) is 0.0534. The van der Waals surface area contributed by atoms with E-state index in [-0.39, 0.29) is 19.0 Å². The van der Waals surface area contributed by atoms with Gasteiger partial charge in [-0.2, -0.15) is 0 Å². The number of esters is 1. The van der Waals surface area contributed by atoms with Crippen molar-refractivity contribution in [1.29, 1.82) is 0 Å². The third kappa shape index (κ3) is 19.1. The van der Waals surface area contributed by atoms with E-state index >= 15 is 0 Å². The van der Waals surface area contributed by atoms with Gasteiger partial charge in [0.15, 0.2) is 11.6 Å². The third-order valence-corrected chi connectivity index (χ3v) is 7.53. The molecule has 0 aromatic rings. The van der Waals surface area contributed by atoms with Crippen molar-refractivity contribution in [3.63, 3.8) is 0 Å². The first kappa shape index (κ1) is 39.2. The van der Waals surface area contributed by atoms with Crippen molar-refractivity contribution >= 4 is 17.5 Å². The summed E-state index contributed by atoms with van der Waals surface area (Å²) in [7, 11) is 0. The smallest absolute Gasteiger partial charge is 0.306 e. The van der Waals surface area contributed by atoms with Crippen molar-refractivity contribution in [2.24, 2.45) is 5.92 Å². The molecule has 0 spiro atoms. The van der Waals surface area contributed by atoms with Crippen molar-refractivity contribution in [3.05, 3.63) is 25.3 Å². The molecule has 0 fully saturated rings. The number of unbranched alkanes of at least 4 members (excludes halogenated alkanes) is 12. The van der Waals surface area contributed by atoms with Crippen LogP contribution >= 0.6 is 0 Å². The minimum Gasteiger partial charge on any atom is -0.462 e. The van der Waals surface area contributed by atoms with Crippen molar-refractivity contribution < 1.29 is 33.7 Å². The van der Waals surface area contributed by atoms with Gasteiger partial charge in [0, 0.05) is 32.7 Å². The zero-order chi connectivity index (χ0) is 30.8. The van der Waals surface area contributed by atoms with Crippen LogP contribution in [0.15, 0.2) is 25.3 Å². The summed E-state index contributed by atoms with van der Waals surface area (Å²) in [6.45, 7) is 14.9. The average molecular weight is 581 g/mol. The molecule has 0 amide bonds. The largest absolute Gasteiger partial charge is 0.462 e. The van der Waals surface area contributed by atoms with E-state index in [4.69, 9.17) is 14.2 Å². The van der Waals surface area contributed by atoms with Crippen LogP contribution in [0.1, 0.15) is 130 Å². The Kier molecular flexibility index (Phi) is 24.7. The molecule has 3 atom stereocenters. The lowest BCUT2D eigenvalue weighted by molar-refractivity contribution is -0.168. The summed E-state index contributed by atoms with van der Waals surface area (Å²) in [5, 5.41) is 11.5. The number of ether oxygens (including phenoxy) is 3. The van der Waals surface area contributed by atoms with Gasteiger partial charge in [0.2, 0.25) is 0 Å². The molecule has 0 aliphatic rings. The highest BCUT2D eigenvalue weighted by Crippen LogP contribution is 2.30. The second-order valence-electron chi connectivity index (χ2n) is 11.2. The van der Waals surface area contributed by atoms with Gasteiger partial charge >= 0.3 is 5.97 Å². The van der Waals surface area contributed by atoms with Crippen molar-refractivity contribution in [2.45, 2.75) is 142 Å². The number of rotatable bonds is 30. The molecule has 7 nitrogen and oxygen atoms in total. The van der Waals surface area contributed by atoms with Crippen molar-refractivity contribution in [3.8, 4) is 0 Å². The standard InChI is InChI=1S/C34H60O7/c1-6-10-12-13-14-15-16-17-20-23-33(37)41-29(5)31(34(38,32(36)9-4)27-30(35)8-3)28-40-26-22-19-18-21-25-39-24-11-7-2/h8-9,29,31,38H,3-4,6-7,10-28H2,1-2,5H3. The van der Waals surface area contributed by atoms with Gasteiger partial charge in [0.25, 0.3) is 0 Å². The topological polar surface area (TPSA) is 99.1 Å². The van der Waals surface area contributed by atoms with E-state index in [1.165, 1.54) is 38.5 Å². The highest BCUT2D eigenvalue weighted by molar-refractivity contribution is 6.02. The van der Waals surface area contributed by atoms with Crippen LogP contribution in [0.2, 0.25) is 0 Å². The number of allylic oxidation sites excluding steroid dienone is 1. The molecule has 0 bridgehead atoms. The fourth-order valence-corrected chi connectivity index (χ4v) is 4.83. The summed E-state index contributed by atoms with van der Waals surface area (Å²) in [5.74, 6) is -2.50. The predicted molar refractivity (Wildman–Crippen MR) is 166 cm³/mol. The maximum atomic E-state index is 12.8. The van der Waals surface area contributed by atoms with E-state index < -0.39 is 35.6 Å². The summed E-state index contributed by atoms with van der Waals surface area (Å²) in [4.78, 5) is 37.7. The Morgan fingerprint density at radius 3 is 1.80 bits per heavy atom. The van der Waals surface area contributed by atoms with Crippen LogP contribution in [-0.2, 0) is 28.6 Å². The maximum Gasteiger partial charge on any atom is 0.306 e. The number of hydrogen-bond donors (Lipinski definition) is 1. The summed E-state index contributed by atoms with van der Waals surface area (Å²) in [6, 6.07) is 0. The minimum atomic E-state index is -2.11. The number of carbonyl (C=O) groups excluding carboxylic acids is 3. The van der Waals surface area contributed by atoms with E-state index in [1.807, 2.05) is 0 Å². The molecule has 1 N–H and O–H groups in total. The highest BCUT2D eigenvalue weighted by atomic mass is 16.5. The molecule has 0 aromatic carbocycles. The summed E-state index contributed by atoms with van der Waals surface area (Å²) in [5.41, 5.74) is -2.11. The predicted octanol–water partition coefficient (Wildman–Crippen LogP) is 7.48. The van der Waals surface area contributed by atoms with Crippen LogP contribution in [0.4, 0.5) is 0 Å². The molecule has 7 heteroatoms. The highest BCUT2D eigenvalue weighted by Gasteiger charge is 2.47. The Hall–Kier alpha value is -1.83. The number of carbonyl (C=O) groups is 3. The van der Waals surface area contributed by atoms with Gasteiger partial charge in [-0.3, -0.25) is 14.4 Å². The summed E-state index contributed by atoms with van der Waals surface area (Å²) in [6.07, 6.45) is 17.3. The molecule has 0 aliphatic carbocycles. The zero-order valence-corrected chi connectivity index (χ0v) is 26.5. The molecule has 238 valence electrons. The lowest BCUT2D eigenvalue weighted by Gasteiger charge is -2.36. The Balaban J connectivity index is 4.87. The average Bonchev–Trinajstić information content (AvgIpc) is 2.96. The van der Waals surface area contributed by atoms with E-state index in [1.54, 1.807) is 6.92 Å². The Morgan fingerprint density at radius 1 is 0.732 bits per heavy atom. The number of ketones is 2. The first-order chi connectivity index (χ1) is 19.8. The Morgan fingerprint density at radius 2 is 1.24 bits per heavy atom. The first-order valence-corrected chi connectivity index (χ1v) is 16.2. The molecule has 41 heavy (non-hydrogen) atoms. The lowest BCUT2D eigenvalue weighted by atomic mass is 9.77. The van der Waals surface area contributed by atoms with Gasteiger partial charge < -0.3 is 19.3 Å². The van der Waals surface area contributed by atoms with Crippen LogP contribution in [0.5, 0.6) is 0 Å². The second-order valence-corrected chi connectivity index (χ2v) is 11.2. The first-order valence-electron chi connectivity index (χ1n) is 16.2. The summed E-state index contributed by atoms with van der Waals surface area (Å²) >= 11 is 0. The van der Waals surface area contributed by atoms with Crippen LogP contribution in [0.25, 0.3) is 0 Å². The van der Waals surface area contributed by atoms with Gasteiger partial charge in [-0.25, -0.2) is 0 Å². The summed E-state index contributed by atoms with van der Waals surface area (Å²) < 4.78 is 17.1. The molecule has 0 heterocycles. The molecule has 0 saturated carbocycles. The Labute approximate surface area is 250 Å². The maximum absolute atomic E-state index is 12.8. The van der Waals surface area contributed by atoms with Crippen LogP contribution in [0.3, 0.4) is 0 Å². The zero-order valence-electron chi connectivity index (χ0n) is 26.5. The molecule has 0 aromatic heterocycles. The SMILES string of the molecule is C=CC(=O)CC(O)(C(=O)C=C)C(COCCCCCCOCCCC)C(C)OC(=O)CCCCCCCCCCC. The van der Waals surface area contributed by atoms with E-state index in [2.05, 4.69) is 27.0 Å². The van der Waals surface area contributed by atoms with Gasteiger partial charge in [-0.15, -0.1) is 0 Å². The number of aliphatic hydroxyl groups is 1. The Bertz CT molecular complexity index is 720. The molecule has 3 unspecified atom stereocenters. The molecular weight excluding hydrogens is 520 g/mol. The lowest BCUT2D eigenvalue weighted by Crippen LogP contribution is -2.53. The van der Waals surface area contributed by atoms with Gasteiger partial charge in [-0.05, 0) is 44.8 Å². The van der Waals surface area contributed by atoms with Crippen LogP contribution in [-0.4, -0.2) is 60.8 Å². The third-order valence-electron chi connectivity index (χ3n) is 7.53. The molecular formula is C34H60O7. The van der Waals surface area contributed by atoms with Crippen LogP contribution in [0, 0.1) is 5.92 Å². The van der Waals surface area contributed by atoms with E-state index in [0.29, 0.717) is 6.61 Å². The molecule has 0 saturated heterocycles. The monoisotopic (exact) mass is 580 g/mol. The van der Waals surface area contributed by atoms with Gasteiger partial charge in [-0.1, -0.05) is 97.6 Å². The normalized spacial score (nSPS) is 14.1. The van der Waals surface area contributed by atoms with E-state index in [0.717, 1.165) is 83.2 Å². The van der Waals surface area contributed by atoms with E-state index in [9.17, 15) is 19.5 Å². The van der Waals surface area contributed by atoms with Gasteiger partial charge in [0.05, 0.1) is 12.5 Å². The number of hydrogen-bond acceptors (Lipinski definition) is 7. The molecule has 0 radical (unpaired) electrons. The second kappa shape index (κ2) is 25.8. The van der Waals surface area contributed by atoms with Crippen molar-refractivity contribution in [1.82, 2.24) is 0 Å².